The maximum atomic E-state index is 11.8. The molecule has 20 heavy (non-hydrogen) atoms. The molecule has 5 heteroatoms. The van der Waals surface area contributed by atoms with Crippen LogP contribution in [0.5, 0.6) is 0 Å². The van der Waals surface area contributed by atoms with Crippen LogP contribution in [0.15, 0.2) is 30.3 Å². The zero-order valence-electron chi connectivity index (χ0n) is 11.2. The first-order valence-corrected chi connectivity index (χ1v) is 6.58. The quantitative estimate of drug-likeness (QED) is 0.846. The van der Waals surface area contributed by atoms with E-state index in [0.29, 0.717) is 25.1 Å². The predicted molar refractivity (Wildman–Crippen MR) is 74.2 cm³/mol. The number of rotatable bonds is 4. The zero-order chi connectivity index (χ0) is 14.4. The molecule has 5 nitrogen and oxygen atoms in total. The van der Waals surface area contributed by atoms with E-state index in [9.17, 15) is 4.79 Å². The number of ether oxygens (including phenoxy) is 1. The largest absolute Gasteiger partial charge is 0.460 e. The molecule has 0 bridgehead atoms. The fraction of sp³-hybridized carbons (Fsp3) is 0.400. The number of esters is 1. The average molecular weight is 271 g/mol. The van der Waals surface area contributed by atoms with Crippen molar-refractivity contribution in [2.75, 3.05) is 13.1 Å². The van der Waals surface area contributed by atoms with Crippen LogP contribution >= 0.6 is 0 Å². The molecule has 0 radical (unpaired) electrons. The normalized spacial score (nSPS) is 19.4. The van der Waals surface area contributed by atoms with Gasteiger partial charge in [-0.15, -0.1) is 0 Å². The highest BCUT2D eigenvalue weighted by Crippen LogP contribution is 2.14. The van der Waals surface area contributed by atoms with Crippen LogP contribution < -0.4 is 0 Å². The minimum Gasteiger partial charge on any atom is -0.460 e. The van der Waals surface area contributed by atoms with E-state index in [0.717, 1.165) is 5.56 Å². The Morgan fingerprint density at radius 2 is 2.20 bits per heavy atom. The van der Waals surface area contributed by atoms with Crippen LogP contribution in [0, 0.1) is 16.7 Å². The molecule has 1 heterocycles. The highest BCUT2D eigenvalue weighted by atomic mass is 16.5. The van der Waals surface area contributed by atoms with Gasteiger partial charge in [-0.25, -0.2) is 0 Å². The van der Waals surface area contributed by atoms with Crippen molar-refractivity contribution in [2.24, 2.45) is 0 Å². The molecule has 0 aliphatic carbocycles. The molecular formula is C15H17N3O2. The second-order valence-electron chi connectivity index (χ2n) is 4.84. The van der Waals surface area contributed by atoms with Crippen molar-refractivity contribution in [3.05, 3.63) is 35.9 Å². The third kappa shape index (κ3) is 3.90. The molecule has 0 amide bonds. The van der Waals surface area contributed by atoms with E-state index in [1.807, 2.05) is 30.3 Å². The molecule has 1 aromatic carbocycles. The van der Waals surface area contributed by atoms with Crippen molar-refractivity contribution in [3.63, 3.8) is 0 Å². The van der Waals surface area contributed by atoms with Crippen LogP contribution in [0.4, 0.5) is 0 Å². The number of piperidine rings is 1. The molecule has 0 unspecified atom stereocenters. The van der Waals surface area contributed by atoms with Gasteiger partial charge in [0.1, 0.15) is 6.61 Å². The van der Waals surface area contributed by atoms with Crippen LogP contribution in [-0.4, -0.2) is 35.7 Å². The summed E-state index contributed by atoms with van der Waals surface area (Å²) in [6.45, 7) is 0.675. The number of nitrogens with one attached hydrogen (secondary N) is 1. The van der Waals surface area contributed by atoms with Crippen LogP contribution in [0.1, 0.15) is 18.4 Å². The minimum atomic E-state index is -0.358. The summed E-state index contributed by atoms with van der Waals surface area (Å²) in [5.41, 5.74) is 1.50. The minimum absolute atomic E-state index is 0.0629. The summed E-state index contributed by atoms with van der Waals surface area (Å²) in [6, 6.07) is 11.3. The molecule has 104 valence electrons. The highest BCUT2D eigenvalue weighted by Gasteiger charge is 2.26. The SMILES string of the molecule is N#C[C@@H]1CCC(=N)CN1CC(=O)OCc1ccccc1. The topological polar surface area (TPSA) is 77.2 Å². The van der Waals surface area contributed by atoms with Gasteiger partial charge in [-0.3, -0.25) is 9.69 Å². The first-order valence-electron chi connectivity index (χ1n) is 6.58. The fourth-order valence-electron chi connectivity index (χ4n) is 2.19. The summed E-state index contributed by atoms with van der Waals surface area (Å²) < 4.78 is 5.20. The summed E-state index contributed by atoms with van der Waals surface area (Å²) in [5.74, 6) is -0.358. The fourth-order valence-corrected chi connectivity index (χ4v) is 2.19. The van der Waals surface area contributed by atoms with Gasteiger partial charge in [0.2, 0.25) is 0 Å². The number of carbonyl (C=O) groups excluding carboxylic acids is 1. The molecule has 1 aliphatic heterocycles. The second-order valence-corrected chi connectivity index (χ2v) is 4.84. The molecule has 1 fully saturated rings. The van der Waals surface area contributed by atoms with Crippen LogP contribution in [0.3, 0.4) is 0 Å². The lowest BCUT2D eigenvalue weighted by Crippen LogP contribution is -2.45. The Bertz CT molecular complexity index is 522. The Labute approximate surface area is 118 Å². The Morgan fingerprint density at radius 1 is 1.45 bits per heavy atom. The van der Waals surface area contributed by atoms with Gasteiger partial charge in [-0.05, 0) is 18.4 Å². The average Bonchev–Trinajstić information content (AvgIpc) is 2.46. The van der Waals surface area contributed by atoms with Crippen molar-refractivity contribution in [2.45, 2.75) is 25.5 Å². The van der Waals surface area contributed by atoms with E-state index in [1.165, 1.54) is 0 Å². The van der Waals surface area contributed by atoms with Gasteiger partial charge in [0, 0.05) is 12.3 Å². The number of nitriles is 1. The van der Waals surface area contributed by atoms with Crippen LogP contribution in [-0.2, 0) is 16.1 Å². The third-order valence-electron chi connectivity index (χ3n) is 3.28. The molecule has 2 rings (SSSR count). The number of hydrogen-bond acceptors (Lipinski definition) is 5. The van der Waals surface area contributed by atoms with E-state index in [2.05, 4.69) is 6.07 Å². The summed E-state index contributed by atoms with van der Waals surface area (Å²) in [6.07, 6.45) is 1.25. The molecular weight excluding hydrogens is 254 g/mol. The Hall–Kier alpha value is -2.19. The Kier molecular flexibility index (Phi) is 4.85. The zero-order valence-corrected chi connectivity index (χ0v) is 11.2. The molecule has 1 aliphatic rings. The van der Waals surface area contributed by atoms with E-state index in [4.69, 9.17) is 15.4 Å². The predicted octanol–water partition coefficient (Wildman–Crippen LogP) is 1.74. The van der Waals surface area contributed by atoms with E-state index < -0.39 is 0 Å². The molecule has 1 aromatic rings. The van der Waals surface area contributed by atoms with Crippen LogP contribution in [0.2, 0.25) is 0 Å². The second kappa shape index (κ2) is 6.83. The number of hydrogen-bond donors (Lipinski definition) is 1. The van der Waals surface area contributed by atoms with Gasteiger partial charge in [-0.1, -0.05) is 30.3 Å². The monoisotopic (exact) mass is 271 g/mol. The van der Waals surface area contributed by atoms with E-state index >= 15 is 0 Å². The third-order valence-corrected chi connectivity index (χ3v) is 3.28. The summed E-state index contributed by atoms with van der Waals surface area (Å²) >= 11 is 0. The molecule has 0 spiro atoms. The van der Waals surface area contributed by atoms with Gasteiger partial charge in [0.15, 0.2) is 0 Å². The van der Waals surface area contributed by atoms with Crippen molar-refractivity contribution >= 4 is 11.7 Å². The molecule has 0 aromatic heterocycles. The maximum Gasteiger partial charge on any atom is 0.320 e. The molecule has 0 saturated carbocycles. The van der Waals surface area contributed by atoms with Gasteiger partial charge in [0.25, 0.3) is 0 Å². The van der Waals surface area contributed by atoms with Crippen molar-refractivity contribution < 1.29 is 9.53 Å². The molecule has 1 N–H and O–H groups in total. The number of nitrogens with zero attached hydrogens (tertiary/aromatic N) is 2. The summed E-state index contributed by atoms with van der Waals surface area (Å²) in [4.78, 5) is 13.5. The van der Waals surface area contributed by atoms with Gasteiger partial charge in [-0.2, -0.15) is 5.26 Å². The highest BCUT2D eigenvalue weighted by molar-refractivity contribution is 5.85. The lowest BCUT2D eigenvalue weighted by molar-refractivity contribution is -0.146. The number of benzene rings is 1. The standard InChI is InChI=1S/C15H17N3O2/c16-8-14-7-6-13(17)9-18(14)10-15(19)20-11-12-4-2-1-3-5-12/h1-5,14,17H,6-7,9-11H2/t14-/m0/s1. The Morgan fingerprint density at radius 3 is 2.90 bits per heavy atom. The molecule has 1 atom stereocenters. The Balaban J connectivity index is 1.84. The summed E-state index contributed by atoms with van der Waals surface area (Å²) in [7, 11) is 0. The first kappa shape index (κ1) is 14.2. The van der Waals surface area contributed by atoms with Gasteiger partial charge >= 0.3 is 5.97 Å². The molecule has 1 saturated heterocycles. The maximum absolute atomic E-state index is 11.8. The number of carbonyl (C=O) groups is 1. The number of likely N-dealkylation sites (tertiary alicyclic amines) is 1. The lowest BCUT2D eigenvalue weighted by atomic mass is 10.0. The first-order chi connectivity index (χ1) is 9.69. The van der Waals surface area contributed by atoms with E-state index in [-0.39, 0.29) is 25.2 Å². The van der Waals surface area contributed by atoms with Crippen LogP contribution in [0.25, 0.3) is 0 Å². The van der Waals surface area contributed by atoms with Crippen molar-refractivity contribution in [1.29, 1.82) is 10.7 Å². The van der Waals surface area contributed by atoms with E-state index in [1.54, 1.807) is 4.90 Å². The van der Waals surface area contributed by atoms with Crippen molar-refractivity contribution in [3.8, 4) is 6.07 Å². The van der Waals surface area contributed by atoms with Gasteiger partial charge < -0.3 is 10.1 Å². The van der Waals surface area contributed by atoms with Crippen molar-refractivity contribution in [1.82, 2.24) is 4.90 Å². The van der Waals surface area contributed by atoms with Gasteiger partial charge in [0.05, 0.1) is 18.7 Å². The smallest absolute Gasteiger partial charge is 0.320 e. The summed E-state index contributed by atoms with van der Waals surface area (Å²) in [5, 5.41) is 16.7. The lowest BCUT2D eigenvalue weighted by Gasteiger charge is -2.30.